The van der Waals surface area contributed by atoms with Crippen molar-refractivity contribution in [3.63, 3.8) is 0 Å². The molecule has 0 aliphatic carbocycles. The first-order valence-electron chi connectivity index (χ1n) is 6.54. The minimum absolute atomic E-state index is 0.148. The third kappa shape index (κ3) is 5.11. The molecular weight excluding hydrogens is 240 g/mol. The summed E-state index contributed by atoms with van der Waals surface area (Å²) in [7, 11) is 0. The Balaban J connectivity index is 2.75. The summed E-state index contributed by atoms with van der Waals surface area (Å²) in [4.78, 5) is 13.5. The maximum Gasteiger partial charge on any atom is 0.320 e. The Hall–Kier alpha value is -1.86. The van der Waals surface area contributed by atoms with Crippen LogP contribution in [0, 0.1) is 11.3 Å². The van der Waals surface area contributed by atoms with Gasteiger partial charge < -0.3 is 4.74 Å². The van der Waals surface area contributed by atoms with Crippen molar-refractivity contribution in [2.24, 2.45) is 0 Å². The molecule has 0 aliphatic heterocycles. The first-order valence-corrected chi connectivity index (χ1v) is 6.54. The summed E-state index contributed by atoms with van der Waals surface area (Å²) in [5.74, 6) is -0.285. The summed E-state index contributed by atoms with van der Waals surface area (Å²) in [5.41, 5.74) is 1.08. The van der Waals surface area contributed by atoms with Gasteiger partial charge in [-0.2, -0.15) is 5.26 Å². The van der Waals surface area contributed by atoms with Crippen LogP contribution in [0.1, 0.15) is 25.8 Å². The number of carbonyl (C=O) groups is 1. The fourth-order valence-electron chi connectivity index (χ4n) is 1.90. The van der Waals surface area contributed by atoms with Gasteiger partial charge in [-0.15, -0.1) is 0 Å². The molecule has 1 aromatic rings. The molecule has 4 heteroatoms. The van der Waals surface area contributed by atoms with Gasteiger partial charge in [0.15, 0.2) is 0 Å². The van der Waals surface area contributed by atoms with Gasteiger partial charge in [0.1, 0.15) is 0 Å². The highest BCUT2D eigenvalue weighted by Crippen LogP contribution is 2.10. The van der Waals surface area contributed by atoms with Gasteiger partial charge in [-0.25, -0.2) is 0 Å². The van der Waals surface area contributed by atoms with Crippen LogP contribution in [0.3, 0.4) is 0 Å². The van der Waals surface area contributed by atoms with E-state index in [2.05, 4.69) is 6.07 Å². The van der Waals surface area contributed by atoms with E-state index in [1.54, 1.807) is 6.92 Å². The van der Waals surface area contributed by atoms with Crippen molar-refractivity contribution in [2.75, 3.05) is 13.2 Å². The van der Waals surface area contributed by atoms with Gasteiger partial charge in [0.05, 0.1) is 25.3 Å². The Morgan fingerprint density at radius 3 is 2.58 bits per heavy atom. The predicted molar refractivity (Wildman–Crippen MR) is 73.2 cm³/mol. The Kier molecular flexibility index (Phi) is 6.62. The molecule has 0 saturated carbocycles. The molecular formula is C15H20N2O2. The molecule has 0 N–H and O–H groups in total. The van der Waals surface area contributed by atoms with Gasteiger partial charge in [-0.05, 0) is 18.9 Å². The van der Waals surface area contributed by atoms with E-state index in [1.807, 2.05) is 42.2 Å². The summed E-state index contributed by atoms with van der Waals surface area (Å²) >= 11 is 0. The monoisotopic (exact) mass is 260 g/mol. The number of hydrogen-bond donors (Lipinski definition) is 0. The summed E-state index contributed by atoms with van der Waals surface area (Å²) in [6, 6.07) is 11.8. The number of hydrogen-bond acceptors (Lipinski definition) is 4. The second kappa shape index (κ2) is 8.28. The van der Waals surface area contributed by atoms with Crippen LogP contribution in [0.25, 0.3) is 0 Å². The van der Waals surface area contributed by atoms with Crippen LogP contribution in [-0.4, -0.2) is 30.1 Å². The SMILES string of the molecule is CCOC(=O)CN(Cc1ccccc1)C(C#N)CC. The lowest BCUT2D eigenvalue weighted by Crippen LogP contribution is -2.38. The smallest absolute Gasteiger partial charge is 0.320 e. The number of rotatable bonds is 7. The molecule has 0 aliphatic rings. The average molecular weight is 260 g/mol. The number of ether oxygens (including phenoxy) is 1. The largest absolute Gasteiger partial charge is 0.465 e. The van der Waals surface area contributed by atoms with Gasteiger partial charge in [-0.3, -0.25) is 9.69 Å². The van der Waals surface area contributed by atoms with Crippen LogP contribution in [0.2, 0.25) is 0 Å². The van der Waals surface area contributed by atoms with Crippen LogP contribution < -0.4 is 0 Å². The lowest BCUT2D eigenvalue weighted by Gasteiger charge is -2.25. The standard InChI is InChI=1S/C15H20N2O2/c1-3-14(10-16)17(12-15(18)19-4-2)11-13-8-6-5-7-9-13/h5-9,14H,3-4,11-12H2,1-2H3. The van der Waals surface area contributed by atoms with Gasteiger partial charge >= 0.3 is 5.97 Å². The molecule has 1 atom stereocenters. The molecule has 1 rings (SSSR count). The number of carbonyl (C=O) groups excluding carboxylic acids is 1. The number of nitriles is 1. The van der Waals surface area contributed by atoms with Crippen molar-refractivity contribution >= 4 is 5.97 Å². The Labute approximate surface area is 114 Å². The van der Waals surface area contributed by atoms with Crippen molar-refractivity contribution in [2.45, 2.75) is 32.9 Å². The van der Waals surface area contributed by atoms with Crippen molar-refractivity contribution in [1.82, 2.24) is 4.90 Å². The number of benzene rings is 1. The van der Waals surface area contributed by atoms with E-state index in [0.29, 0.717) is 19.6 Å². The molecule has 1 unspecified atom stereocenters. The summed E-state index contributed by atoms with van der Waals surface area (Å²) in [6.07, 6.45) is 0.683. The van der Waals surface area contributed by atoms with Crippen LogP contribution in [0.5, 0.6) is 0 Å². The molecule has 0 fully saturated rings. The van der Waals surface area contributed by atoms with Crippen molar-refractivity contribution in [3.05, 3.63) is 35.9 Å². The highest BCUT2D eigenvalue weighted by Gasteiger charge is 2.20. The fourth-order valence-corrected chi connectivity index (χ4v) is 1.90. The molecule has 0 radical (unpaired) electrons. The molecule has 4 nitrogen and oxygen atoms in total. The van der Waals surface area contributed by atoms with Crippen LogP contribution in [-0.2, 0) is 16.1 Å². The Morgan fingerprint density at radius 2 is 2.05 bits per heavy atom. The normalized spacial score (nSPS) is 11.9. The molecule has 0 heterocycles. The highest BCUT2D eigenvalue weighted by atomic mass is 16.5. The van der Waals surface area contributed by atoms with Crippen molar-refractivity contribution < 1.29 is 9.53 Å². The molecule has 0 spiro atoms. The second-order valence-corrected chi connectivity index (χ2v) is 4.25. The zero-order valence-corrected chi connectivity index (χ0v) is 11.5. The Bertz CT molecular complexity index is 426. The number of esters is 1. The summed E-state index contributed by atoms with van der Waals surface area (Å²) in [5, 5.41) is 9.17. The topological polar surface area (TPSA) is 53.3 Å². The zero-order valence-electron chi connectivity index (χ0n) is 11.5. The minimum Gasteiger partial charge on any atom is -0.465 e. The molecule has 0 amide bonds. The fraction of sp³-hybridized carbons (Fsp3) is 0.467. The molecule has 19 heavy (non-hydrogen) atoms. The second-order valence-electron chi connectivity index (χ2n) is 4.25. The third-order valence-electron chi connectivity index (χ3n) is 2.84. The zero-order chi connectivity index (χ0) is 14.1. The quantitative estimate of drug-likeness (QED) is 0.706. The first kappa shape index (κ1) is 15.2. The first-order chi connectivity index (χ1) is 9.21. The predicted octanol–water partition coefficient (Wildman–Crippen LogP) is 2.35. The van der Waals surface area contributed by atoms with Crippen LogP contribution >= 0.6 is 0 Å². The number of nitrogens with zero attached hydrogens (tertiary/aromatic N) is 2. The van der Waals surface area contributed by atoms with E-state index in [4.69, 9.17) is 4.74 Å². The minimum atomic E-state index is -0.285. The maximum atomic E-state index is 11.6. The Morgan fingerprint density at radius 1 is 1.37 bits per heavy atom. The van der Waals surface area contributed by atoms with Gasteiger partial charge in [0, 0.05) is 6.54 Å². The van der Waals surface area contributed by atoms with E-state index in [0.717, 1.165) is 5.56 Å². The lowest BCUT2D eigenvalue weighted by molar-refractivity contribution is -0.144. The molecule has 0 aromatic heterocycles. The van der Waals surface area contributed by atoms with Gasteiger partial charge in [0.25, 0.3) is 0 Å². The maximum absolute atomic E-state index is 11.6. The van der Waals surface area contributed by atoms with E-state index in [-0.39, 0.29) is 18.6 Å². The molecule has 102 valence electrons. The van der Waals surface area contributed by atoms with E-state index >= 15 is 0 Å². The van der Waals surface area contributed by atoms with E-state index in [1.165, 1.54) is 0 Å². The molecule has 1 aromatic carbocycles. The highest BCUT2D eigenvalue weighted by molar-refractivity contribution is 5.71. The van der Waals surface area contributed by atoms with Crippen molar-refractivity contribution in [3.8, 4) is 6.07 Å². The summed E-state index contributed by atoms with van der Waals surface area (Å²) in [6.45, 7) is 4.81. The van der Waals surface area contributed by atoms with Gasteiger partial charge in [0.2, 0.25) is 0 Å². The van der Waals surface area contributed by atoms with Crippen LogP contribution in [0.4, 0.5) is 0 Å². The third-order valence-corrected chi connectivity index (χ3v) is 2.84. The summed E-state index contributed by atoms with van der Waals surface area (Å²) < 4.78 is 4.96. The van der Waals surface area contributed by atoms with E-state index in [9.17, 15) is 10.1 Å². The average Bonchev–Trinajstić information content (AvgIpc) is 2.41. The van der Waals surface area contributed by atoms with Gasteiger partial charge in [-0.1, -0.05) is 37.3 Å². The molecule has 0 saturated heterocycles. The van der Waals surface area contributed by atoms with Crippen molar-refractivity contribution in [1.29, 1.82) is 5.26 Å². The van der Waals surface area contributed by atoms with Crippen LogP contribution in [0.15, 0.2) is 30.3 Å². The van der Waals surface area contributed by atoms with E-state index < -0.39 is 0 Å². The lowest BCUT2D eigenvalue weighted by atomic mass is 10.1. The molecule has 0 bridgehead atoms.